The molecule has 1 unspecified atom stereocenters. The standard InChI is InChI=1S/C9H17N3/c1-8(2)9(7-10-3)12-6-4-5-11-12/h4-6,8-10H,7H2,1-3H3. The van der Waals surface area contributed by atoms with Crippen LogP contribution < -0.4 is 5.32 Å². The molecule has 1 aromatic rings. The van der Waals surface area contributed by atoms with Crippen LogP contribution in [0, 0.1) is 5.92 Å². The van der Waals surface area contributed by atoms with E-state index in [1.165, 1.54) is 0 Å². The van der Waals surface area contributed by atoms with Crippen molar-refractivity contribution in [3.05, 3.63) is 18.5 Å². The van der Waals surface area contributed by atoms with Gasteiger partial charge in [0.25, 0.3) is 0 Å². The zero-order chi connectivity index (χ0) is 8.97. The van der Waals surface area contributed by atoms with Crippen molar-refractivity contribution in [3.63, 3.8) is 0 Å². The molecule has 0 aliphatic rings. The molecule has 0 radical (unpaired) electrons. The van der Waals surface area contributed by atoms with Crippen molar-refractivity contribution in [2.24, 2.45) is 5.92 Å². The van der Waals surface area contributed by atoms with Gasteiger partial charge in [0, 0.05) is 18.9 Å². The molecule has 0 saturated carbocycles. The zero-order valence-corrected chi connectivity index (χ0v) is 7.99. The van der Waals surface area contributed by atoms with E-state index in [0.29, 0.717) is 12.0 Å². The highest BCUT2D eigenvalue weighted by Gasteiger charge is 2.13. The third-order valence-electron chi connectivity index (χ3n) is 2.05. The highest BCUT2D eigenvalue weighted by molar-refractivity contribution is 4.83. The smallest absolute Gasteiger partial charge is 0.0666 e. The molecule has 1 heterocycles. The van der Waals surface area contributed by atoms with Crippen molar-refractivity contribution in [2.45, 2.75) is 19.9 Å². The first-order chi connectivity index (χ1) is 5.75. The summed E-state index contributed by atoms with van der Waals surface area (Å²) in [6, 6.07) is 2.43. The van der Waals surface area contributed by atoms with Gasteiger partial charge >= 0.3 is 0 Å². The Bertz CT molecular complexity index is 204. The number of likely N-dealkylation sites (N-methyl/N-ethyl adjacent to an activating group) is 1. The van der Waals surface area contributed by atoms with E-state index in [2.05, 4.69) is 24.3 Å². The minimum Gasteiger partial charge on any atom is -0.318 e. The molecule has 1 N–H and O–H groups in total. The monoisotopic (exact) mass is 167 g/mol. The van der Waals surface area contributed by atoms with Gasteiger partial charge in [0.1, 0.15) is 0 Å². The first-order valence-corrected chi connectivity index (χ1v) is 4.39. The number of nitrogens with one attached hydrogen (secondary N) is 1. The summed E-state index contributed by atoms with van der Waals surface area (Å²) in [5, 5.41) is 7.41. The average Bonchev–Trinajstić information content (AvgIpc) is 2.51. The predicted octanol–water partition coefficient (Wildman–Crippen LogP) is 1.30. The molecular formula is C9H17N3. The number of nitrogens with zero attached hydrogens (tertiary/aromatic N) is 2. The Labute approximate surface area is 73.8 Å². The van der Waals surface area contributed by atoms with Crippen LogP contribution in [-0.4, -0.2) is 23.4 Å². The fourth-order valence-corrected chi connectivity index (χ4v) is 1.32. The Kier molecular flexibility index (Phi) is 3.29. The molecule has 0 aliphatic carbocycles. The molecule has 0 saturated heterocycles. The average molecular weight is 167 g/mol. The Hall–Kier alpha value is -0.830. The van der Waals surface area contributed by atoms with Crippen LogP contribution in [0.4, 0.5) is 0 Å². The van der Waals surface area contributed by atoms with Gasteiger partial charge in [-0.3, -0.25) is 4.68 Å². The first kappa shape index (κ1) is 9.26. The van der Waals surface area contributed by atoms with Gasteiger partial charge in [-0.05, 0) is 19.0 Å². The van der Waals surface area contributed by atoms with Crippen molar-refractivity contribution in [1.82, 2.24) is 15.1 Å². The van der Waals surface area contributed by atoms with Crippen molar-refractivity contribution in [1.29, 1.82) is 0 Å². The predicted molar refractivity (Wildman–Crippen MR) is 50.0 cm³/mol. The molecule has 0 aromatic carbocycles. The topological polar surface area (TPSA) is 29.9 Å². The van der Waals surface area contributed by atoms with Gasteiger partial charge in [-0.1, -0.05) is 13.8 Å². The lowest BCUT2D eigenvalue weighted by atomic mass is 10.1. The van der Waals surface area contributed by atoms with Crippen molar-refractivity contribution in [3.8, 4) is 0 Å². The number of aromatic nitrogens is 2. The molecule has 1 rings (SSSR count). The fraction of sp³-hybridized carbons (Fsp3) is 0.667. The summed E-state index contributed by atoms with van der Waals surface area (Å²) in [6.07, 6.45) is 3.84. The molecule has 0 spiro atoms. The number of hydrogen-bond donors (Lipinski definition) is 1. The van der Waals surface area contributed by atoms with E-state index in [1.54, 1.807) is 0 Å². The summed E-state index contributed by atoms with van der Waals surface area (Å²) in [4.78, 5) is 0. The third kappa shape index (κ3) is 2.08. The van der Waals surface area contributed by atoms with Crippen LogP contribution in [0.3, 0.4) is 0 Å². The molecule has 0 fully saturated rings. The van der Waals surface area contributed by atoms with Crippen molar-refractivity contribution >= 4 is 0 Å². The van der Waals surface area contributed by atoms with Gasteiger partial charge < -0.3 is 5.32 Å². The molecule has 0 bridgehead atoms. The van der Waals surface area contributed by atoms with Crippen LogP contribution in [0.5, 0.6) is 0 Å². The SMILES string of the molecule is CNCC(C(C)C)n1cccn1. The van der Waals surface area contributed by atoms with Crippen LogP contribution >= 0.6 is 0 Å². The van der Waals surface area contributed by atoms with Gasteiger partial charge in [0.2, 0.25) is 0 Å². The quantitative estimate of drug-likeness (QED) is 0.732. The summed E-state index contributed by atoms with van der Waals surface area (Å²) < 4.78 is 2.02. The van der Waals surface area contributed by atoms with E-state index in [9.17, 15) is 0 Å². The first-order valence-electron chi connectivity index (χ1n) is 4.39. The summed E-state index contributed by atoms with van der Waals surface area (Å²) in [5.41, 5.74) is 0. The van der Waals surface area contributed by atoms with E-state index in [4.69, 9.17) is 0 Å². The minimum absolute atomic E-state index is 0.463. The second-order valence-electron chi connectivity index (χ2n) is 3.36. The Morgan fingerprint density at radius 2 is 2.25 bits per heavy atom. The van der Waals surface area contributed by atoms with E-state index in [1.807, 2.05) is 30.2 Å². The third-order valence-corrected chi connectivity index (χ3v) is 2.05. The molecule has 3 heteroatoms. The van der Waals surface area contributed by atoms with Crippen LogP contribution in [0.15, 0.2) is 18.5 Å². The second kappa shape index (κ2) is 4.26. The van der Waals surface area contributed by atoms with E-state index < -0.39 is 0 Å². The summed E-state index contributed by atoms with van der Waals surface area (Å²) in [7, 11) is 1.97. The highest BCUT2D eigenvalue weighted by Crippen LogP contribution is 2.14. The molecule has 68 valence electrons. The molecule has 0 aliphatic heterocycles. The van der Waals surface area contributed by atoms with Gasteiger partial charge in [0.15, 0.2) is 0 Å². The van der Waals surface area contributed by atoms with Gasteiger partial charge in [0.05, 0.1) is 6.04 Å². The Balaban J connectivity index is 2.66. The summed E-state index contributed by atoms with van der Waals surface area (Å²) in [6.45, 7) is 5.40. The Morgan fingerprint density at radius 3 is 2.67 bits per heavy atom. The fourth-order valence-electron chi connectivity index (χ4n) is 1.32. The molecule has 0 amide bonds. The minimum atomic E-state index is 0.463. The molecule has 1 atom stereocenters. The number of hydrogen-bond acceptors (Lipinski definition) is 2. The van der Waals surface area contributed by atoms with Crippen LogP contribution in [-0.2, 0) is 0 Å². The maximum Gasteiger partial charge on any atom is 0.0666 e. The van der Waals surface area contributed by atoms with Gasteiger partial charge in [-0.2, -0.15) is 5.10 Å². The lowest BCUT2D eigenvalue weighted by molar-refractivity contribution is 0.337. The normalized spacial score (nSPS) is 13.7. The second-order valence-corrected chi connectivity index (χ2v) is 3.36. The summed E-state index contributed by atoms with van der Waals surface area (Å²) >= 11 is 0. The van der Waals surface area contributed by atoms with Crippen LogP contribution in [0.25, 0.3) is 0 Å². The van der Waals surface area contributed by atoms with E-state index >= 15 is 0 Å². The largest absolute Gasteiger partial charge is 0.318 e. The highest BCUT2D eigenvalue weighted by atomic mass is 15.3. The van der Waals surface area contributed by atoms with Crippen LogP contribution in [0.1, 0.15) is 19.9 Å². The van der Waals surface area contributed by atoms with Crippen molar-refractivity contribution < 1.29 is 0 Å². The molecule has 12 heavy (non-hydrogen) atoms. The maximum absolute atomic E-state index is 4.23. The van der Waals surface area contributed by atoms with Gasteiger partial charge in [-0.15, -0.1) is 0 Å². The molecule has 3 nitrogen and oxygen atoms in total. The summed E-state index contributed by atoms with van der Waals surface area (Å²) in [5.74, 6) is 0.609. The maximum atomic E-state index is 4.23. The Morgan fingerprint density at radius 1 is 1.50 bits per heavy atom. The van der Waals surface area contributed by atoms with Gasteiger partial charge in [-0.25, -0.2) is 0 Å². The van der Waals surface area contributed by atoms with E-state index in [0.717, 1.165) is 6.54 Å². The zero-order valence-electron chi connectivity index (χ0n) is 7.99. The van der Waals surface area contributed by atoms with E-state index in [-0.39, 0.29) is 0 Å². The molecule has 1 aromatic heterocycles. The lowest BCUT2D eigenvalue weighted by Gasteiger charge is -2.20. The lowest BCUT2D eigenvalue weighted by Crippen LogP contribution is -2.26. The number of rotatable bonds is 4. The van der Waals surface area contributed by atoms with Crippen molar-refractivity contribution in [2.75, 3.05) is 13.6 Å². The van der Waals surface area contributed by atoms with Crippen LogP contribution in [0.2, 0.25) is 0 Å². The molecular weight excluding hydrogens is 150 g/mol.